The minimum atomic E-state index is 0.453. The van der Waals surface area contributed by atoms with E-state index in [0.29, 0.717) is 11.0 Å². The van der Waals surface area contributed by atoms with Crippen LogP contribution in [0, 0.1) is 6.92 Å². The van der Waals surface area contributed by atoms with Crippen molar-refractivity contribution in [1.82, 2.24) is 19.7 Å². The Morgan fingerprint density at radius 3 is 2.71 bits per heavy atom. The second kappa shape index (κ2) is 3.38. The summed E-state index contributed by atoms with van der Waals surface area (Å²) >= 11 is 5.84. The summed E-state index contributed by atoms with van der Waals surface area (Å²) in [4.78, 5) is 8.28. The van der Waals surface area contributed by atoms with Gasteiger partial charge in [-0.2, -0.15) is 5.10 Å². The van der Waals surface area contributed by atoms with Gasteiger partial charge in [0, 0.05) is 19.3 Å². The summed E-state index contributed by atoms with van der Waals surface area (Å²) in [5.41, 5.74) is 1.72. The van der Waals surface area contributed by atoms with Gasteiger partial charge in [0.05, 0.1) is 11.4 Å². The highest BCUT2D eigenvalue weighted by atomic mass is 35.5. The molecule has 2 aromatic rings. The van der Waals surface area contributed by atoms with Crippen LogP contribution in [0.2, 0.25) is 5.15 Å². The third-order valence-corrected chi connectivity index (χ3v) is 2.08. The molecule has 2 rings (SSSR count). The molecular weight excluding hydrogens is 200 g/mol. The van der Waals surface area contributed by atoms with Crippen molar-refractivity contribution in [1.29, 1.82) is 0 Å². The first kappa shape index (κ1) is 9.15. The molecule has 0 bridgehead atoms. The normalized spacial score (nSPS) is 10.5. The lowest BCUT2D eigenvalue weighted by Gasteiger charge is -2.02. The average molecular weight is 209 g/mol. The van der Waals surface area contributed by atoms with Crippen LogP contribution >= 0.6 is 11.6 Å². The van der Waals surface area contributed by atoms with Crippen LogP contribution in [0.4, 0.5) is 0 Å². The van der Waals surface area contributed by atoms with Crippen LogP contribution in [0.1, 0.15) is 5.82 Å². The standard InChI is InChI=1S/C9H9ClN4/c1-6-12-7(5-9(10)13-6)8-3-4-11-14(8)2/h3-5H,1-2H3. The predicted octanol–water partition coefficient (Wildman–Crippen LogP) is 1.84. The predicted molar refractivity (Wildman–Crippen MR) is 54.0 cm³/mol. The van der Waals surface area contributed by atoms with E-state index in [0.717, 1.165) is 11.4 Å². The Balaban J connectivity index is 2.57. The Bertz CT molecular complexity index is 443. The van der Waals surface area contributed by atoms with Gasteiger partial charge in [0.2, 0.25) is 0 Å². The Hall–Kier alpha value is -1.42. The minimum absolute atomic E-state index is 0.453. The van der Waals surface area contributed by atoms with Gasteiger partial charge in [-0.1, -0.05) is 11.6 Å². The van der Waals surface area contributed by atoms with Crippen LogP contribution in [0.25, 0.3) is 11.4 Å². The van der Waals surface area contributed by atoms with Crippen LogP contribution in [0.5, 0.6) is 0 Å². The number of aryl methyl sites for hydroxylation is 2. The monoisotopic (exact) mass is 208 g/mol. The van der Waals surface area contributed by atoms with Gasteiger partial charge in [-0.05, 0) is 13.0 Å². The molecule has 14 heavy (non-hydrogen) atoms. The van der Waals surface area contributed by atoms with Gasteiger partial charge in [0.1, 0.15) is 11.0 Å². The molecule has 0 N–H and O–H groups in total. The summed E-state index contributed by atoms with van der Waals surface area (Å²) in [5, 5.41) is 4.52. The SMILES string of the molecule is Cc1nc(Cl)cc(-c2ccnn2C)n1. The van der Waals surface area contributed by atoms with Crippen molar-refractivity contribution in [2.75, 3.05) is 0 Å². The van der Waals surface area contributed by atoms with E-state index in [1.807, 2.05) is 20.0 Å². The molecule has 2 heterocycles. The summed E-state index contributed by atoms with van der Waals surface area (Å²) in [6, 6.07) is 3.61. The zero-order valence-corrected chi connectivity index (χ0v) is 8.65. The van der Waals surface area contributed by atoms with Gasteiger partial charge in [0.15, 0.2) is 0 Å². The topological polar surface area (TPSA) is 43.6 Å². The van der Waals surface area contributed by atoms with Crippen molar-refractivity contribution < 1.29 is 0 Å². The molecule has 0 saturated heterocycles. The quantitative estimate of drug-likeness (QED) is 0.672. The smallest absolute Gasteiger partial charge is 0.133 e. The van der Waals surface area contributed by atoms with Crippen molar-refractivity contribution >= 4 is 11.6 Å². The van der Waals surface area contributed by atoms with Crippen molar-refractivity contribution in [2.24, 2.45) is 7.05 Å². The lowest BCUT2D eigenvalue weighted by Crippen LogP contribution is -1.97. The molecule has 0 fully saturated rings. The summed E-state index contributed by atoms with van der Waals surface area (Å²) in [7, 11) is 1.86. The highest BCUT2D eigenvalue weighted by Crippen LogP contribution is 2.18. The average Bonchev–Trinajstić information content (AvgIpc) is 2.49. The first-order valence-corrected chi connectivity index (χ1v) is 4.54. The van der Waals surface area contributed by atoms with E-state index < -0.39 is 0 Å². The summed E-state index contributed by atoms with van der Waals surface area (Å²) in [6.45, 7) is 1.81. The van der Waals surface area contributed by atoms with Crippen LogP contribution in [-0.2, 0) is 7.05 Å². The van der Waals surface area contributed by atoms with Gasteiger partial charge in [-0.25, -0.2) is 9.97 Å². The lowest BCUT2D eigenvalue weighted by molar-refractivity contribution is 0.772. The number of hydrogen-bond donors (Lipinski definition) is 0. The fourth-order valence-electron chi connectivity index (χ4n) is 1.29. The molecule has 0 unspecified atom stereocenters. The third kappa shape index (κ3) is 1.61. The molecular formula is C9H9ClN4. The Labute approximate surface area is 86.6 Å². The lowest BCUT2D eigenvalue weighted by atomic mass is 10.3. The highest BCUT2D eigenvalue weighted by molar-refractivity contribution is 6.29. The van der Waals surface area contributed by atoms with E-state index >= 15 is 0 Å². The number of aromatic nitrogens is 4. The highest BCUT2D eigenvalue weighted by Gasteiger charge is 2.06. The third-order valence-electron chi connectivity index (χ3n) is 1.89. The Morgan fingerprint density at radius 2 is 2.14 bits per heavy atom. The molecule has 4 nitrogen and oxygen atoms in total. The van der Waals surface area contributed by atoms with E-state index in [-0.39, 0.29) is 0 Å². The molecule has 0 aliphatic heterocycles. The maximum Gasteiger partial charge on any atom is 0.133 e. The van der Waals surface area contributed by atoms with E-state index in [2.05, 4.69) is 15.1 Å². The second-order valence-electron chi connectivity index (χ2n) is 2.96. The van der Waals surface area contributed by atoms with Crippen molar-refractivity contribution in [3.8, 4) is 11.4 Å². The van der Waals surface area contributed by atoms with E-state index in [1.54, 1.807) is 16.9 Å². The van der Waals surface area contributed by atoms with Crippen LogP contribution < -0.4 is 0 Å². The van der Waals surface area contributed by atoms with E-state index in [9.17, 15) is 0 Å². The minimum Gasteiger partial charge on any atom is -0.266 e. The van der Waals surface area contributed by atoms with Crippen LogP contribution in [0.3, 0.4) is 0 Å². The number of halogens is 1. The zero-order chi connectivity index (χ0) is 10.1. The van der Waals surface area contributed by atoms with E-state index in [4.69, 9.17) is 11.6 Å². The Morgan fingerprint density at radius 1 is 1.36 bits per heavy atom. The van der Waals surface area contributed by atoms with E-state index in [1.165, 1.54) is 0 Å². The zero-order valence-electron chi connectivity index (χ0n) is 7.90. The fourth-order valence-corrected chi connectivity index (χ4v) is 1.51. The van der Waals surface area contributed by atoms with Crippen LogP contribution in [0.15, 0.2) is 18.3 Å². The number of hydrogen-bond acceptors (Lipinski definition) is 3. The number of rotatable bonds is 1. The maximum absolute atomic E-state index is 5.84. The first-order chi connectivity index (χ1) is 6.66. The van der Waals surface area contributed by atoms with Crippen molar-refractivity contribution in [3.05, 3.63) is 29.3 Å². The van der Waals surface area contributed by atoms with Gasteiger partial charge in [0.25, 0.3) is 0 Å². The molecule has 2 aromatic heterocycles. The summed E-state index contributed by atoms with van der Waals surface area (Å²) in [5.74, 6) is 0.661. The largest absolute Gasteiger partial charge is 0.266 e. The molecule has 0 atom stereocenters. The molecule has 5 heteroatoms. The summed E-state index contributed by atoms with van der Waals surface area (Å²) in [6.07, 6.45) is 1.72. The molecule has 0 aliphatic rings. The summed E-state index contributed by atoms with van der Waals surface area (Å²) < 4.78 is 1.75. The maximum atomic E-state index is 5.84. The van der Waals surface area contributed by atoms with Gasteiger partial charge in [-0.15, -0.1) is 0 Å². The molecule has 0 radical (unpaired) electrons. The second-order valence-corrected chi connectivity index (χ2v) is 3.35. The fraction of sp³-hybridized carbons (Fsp3) is 0.222. The molecule has 0 amide bonds. The van der Waals surface area contributed by atoms with Gasteiger partial charge >= 0.3 is 0 Å². The molecule has 0 aliphatic carbocycles. The van der Waals surface area contributed by atoms with Gasteiger partial charge in [-0.3, -0.25) is 4.68 Å². The Kier molecular flexibility index (Phi) is 2.21. The molecule has 0 saturated carbocycles. The van der Waals surface area contributed by atoms with Crippen molar-refractivity contribution in [2.45, 2.75) is 6.92 Å². The molecule has 72 valence electrons. The van der Waals surface area contributed by atoms with Gasteiger partial charge < -0.3 is 0 Å². The van der Waals surface area contributed by atoms with Crippen LogP contribution in [-0.4, -0.2) is 19.7 Å². The molecule has 0 aromatic carbocycles. The number of nitrogens with zero attached hydrogens (tertiary/aromatic N) is 4. The molecule has 0 spiro atoms. The van der Waals surface area contributed by atoms with Crippen molar-refractivity contribution in [3.63, 3.8) is 0 Å². The first-order valence-electron chi connectivity index (χ1n) is 4.16.